The maximum absolute atomic E-state index is 4.51. The summed E-state index contributed by atoms with van der Waals surface area (Å²) in [5.74, 6) is 1.71. The molecule has 0 saturated heterocycles. The molecule has 0 saturated carbocycles. The standard InChI is InChI=1S/C22H24N6.HI/c1-23-22(25-13-18-12-17-10-6-7-11-19(17)26-18)28(2)15-21-24-14-20(27-21)16-8-4-3-5-9-16;/h3-12,14,26H,13,15H2,1-2H3,(H,23,25)(H,24,27);1H. The van der Waals surface area contributed by atoms with Gasteiger partial charge in [0.15, 0.2) is 5.96 Å². The number of para-hydroxylation sites is 1. The quantitative estimate of drug-likeness (QED) is 0.216. The van der Waals surface area contributed by atoms with Crippen LogP contribution in [-0.4, -0.2) is 39.9 Å². The molecular formula is C22H25IN6. The van der Waals surface area contributed by atoms with Gasteiger partial charge in [-0.15, -0.1) is 24.0 Å². The third-order valence-electron chi connectivity index (χ3n) is 4.70. The molecule has 7 heteroatoms. The van der Waals surface area contributed by atoms with Gasteiger partial charge in [0.25, 0.3) is 0 Å². The summed E-state index contributed by atoms with van der Waals surface area (Å²) < 4.78 is 0. The Hall–Kier alpha value is -2.81. The summed E-state index contributed by atoms with van der Waals surface area (Å²) in [6.45, 7) is 1.32. The SMILES string of the molecule is CN=C(NCc1cc2ccccc2[nH]1)N(C)Cc1ncc(-c2ccccc2)[nH]1.I. The first-order valence-corrected chi connectivity index (χ1v) is 9.30. The zero-order valence-electron chi connectivity index (χ0n) is 16.5. The van der Waals surface area contributed by atoms with E-state index in [2.05, 4.69) is 60.5 Å². The number of hydrogen-bond acceptors (Lipinski definition) is 2. The van der Waals surface area contributed by atoms with Crippen molar-refractivity contribution in [1.82, 2.24) is 25.2 Å². The van der Waals surface area contributed by atoms with E-state index >= 15 is 0 Å². The fourth-order valence-electron chi connectivity index (χ4n) is 3.29. The van der Waals surface area contributed by atoms with Crippen LogP contribution in [0.5, 0.6) is 0 Å². The first-order valence-electron chi connectivity index (χ1n) is 9.30. The average molecular weight is 500 g/mol. The van der Waals surface area contributed by atoms with Gasteiger partial charge >= 0.3 is 0 Å². The largest absolute Gasteiger partial charge is 0.357 e. The van der Waals surface area contributed by atoms with E-state index in [0.29, 0.717) is 13.1 Å². The van der Waals surface area contributed by atoms with Gasteiger partial charge in [0.1, 0.15) is 5.82 Å². The second-order valence-electron chi connectivity index (χ2n) is 6.75. The van der Waals surface area contributed by atoms with E-state index in [0.717, 1.165) is 34.3 Å². The van der Waals surface area contributed by atoms with Crippen molar-refractivity contribution in [3.63, 3.8) is 0 Å². The predicted octanol–water partition coefficient (Wildman–Crippen LogP) is 4.38. The monoisotopic (exact) mass is 500 g/mol. The lowest BCUT2D eigenvalue weighted by Gasteiger charge is -2.20. The van der Waals surface area contributed by atoms with E-state index in [1.165, 1.54) is 5.39 Å². The normalized spacial score (nSPS) is 11.3. The van der Waals surface area contributed by atoms with Crippen molar-refractivity contribution in [3.8, 4) is 11.3 Å². The van der Waals surface area contributed by atoms with Crippen molar-refractivity contribution < 1.29 is 0 Å². The number of fused-ring (bicyclic) bond motifs is 1. The van der Waals surface area contributed by atoms with Gasteiger partial charge in [0.05, 0.1) is 25.0 Å². The van der Waals surface area contributed by atoms with Crippen molar-refractivity contribution in [2.45, 2.75) is 13.1 Å². The van der Waals surface area contributed by atoms with E-state index in [-0.39, 0.29) is 24.0 Å². The number of aromatic nitrogens is 3. The summed E-state index contributed by atoms with van der Waals surface area (Å²) >= 11 is 0. The van der Waals surface area contributed by atoms with Gasteiger partial charge in [-0.3, -0.25) is 4.99 Å². The first-order chi connectivity index (χ1) is 13.7. The number of guanidine groups is 1. The molecule has 0 bridgehead atoms. The van der Waals surface area contributed by atoms with Crippen LogP contribution in [0.2, 0.25) is 0 Å². The molecule has 3 N–H and O–H groups in total. The number of rotatable bonds is 5. The number of nitrogens with zero attached hydrogens (tertiary/aromatic N) is 3. The van der Waals surface area contributed by atoms with Gasteiger partial charge in [-0.1, -0.05) is 48.5 Å². The van der Waals surface area contributed by atoms with Gasteiger partial charge in [0, 0.05) is 25.3 Å². The topological polar surface area (TPSA) is 72.1 Å². The fourth-order valence-corrected chi connectivity index (χ4v) is 3.29. The molecule has 2 aromatic heterocycles. The molecule has 0 amide bonds. The summed E-state index contributed by atoms with van der Waals surface area (Å²) in [4.78, 5) is 17.8. The Labute approximate surface area is 187 Å². The minimum Gasteiger partial charge on any atom is -0.357 e. The van der Waals surface area contributed by atoms with Crippen LogP contribution in [0.4, 0.5) is 0 Å². The van der Waals surface area contributed by atoms with Crippen LogP contribution in [0.1, 0.15) is 11.5 Å². The minimum absolute atomic E-state index is 0. The fraction of sp³-hybridized carbons (Fsp3) is 0.182. The summed E-state index contributed by atoms with van der Waals surface area (Å²) in [7, 11) is 3.80. The Morgan fingerprint density at radius 3 is 2.59 bits per heavy atom. The maximum Gasteiger partial charge on any atom is 0.194 e. The summed E-state index contributed by atoms with van der Waals surface area (Å²) in [6, 6.07) is 20.6. The van der Waals surface area contributed by atoms with Crippen LogP contribution in [-0.2, 0) is 13.1 Å². The third kappa shape index (κ3) is 4.97. The van der Waals surface area contributed by atoms with E-state index < -0.39 is 0 Å². The highest BCUT2D eigenvalue weighted by Crippen LogP contribution is 2.17. The van der Waals surface area contributed by atoms with Crippen molar-refractivity contribution in [1.29, 1.82) is 0 Å². The Kier molecular flexibility index (Phi) is 6.92. The van der Waals surface area contributed by atoms with E-state index in [1.54, 1.807) is 7.05 Å². The molecule has 0 fully saturated rings. The number of imidazole rings is 1. The zero-order chi connectivity index (χ0) is 19.3. The van der Waals surface area contributed by atoms with Crippen LogP contribution in [0, 0.1) is 0 Å². The van der Waals surface area contributed by atoms with Crippen molar-refractivity contribution in [2.24, 2.45) is 4.99 Å². The molecule has 2 heterocycles. The van der Waals surface area contributed by atoms with Crippen LogP contribution in [0.25, 0.3) is 22.2 Å². The van der Waals surface area contributed by atoms with Crippen LogP contribution < -0.4 is 5.32 Å². The highest BCUT2D eigenvalue weighted by atomic mass is 127. The molecule has 0 spiro atoms. The van der Waals surface area contributed by atoms with Gasteiger partial charge in [-0.05, 0) is 23.1 Å². The van der Waals surface area contributed by atoms with Gasteiger partial charge in [0.2, 0.25) is 0 Å². The predicted molar refractivity (Wildman–Crippen MR) is 129 cm³/mol. The van der Waals surface area contributed by atoms with E-state index in [4.69, 9.17) is 0 Å². The van der Waals surface area contributed by atoms with E-state index in [1.807, 2.05) is 43.6 Å². The molecule has 0 aliphatic heterocycles. The number of aliphatic imine (C=N–C) groups is 1. The molecule has 0 radical (unpaired) electrons. The molecule has 6 nitrogen and oxygen atoms in total. The summed E-state index contributed by atoms with van der Waals surface area (Å²) in [5.41, 5.74) is 4.42. The molecule has 150 valence electrons. The second kappa shape index (κ2) is 9.60. The maximum atomic E-state index is 4.51. The van der Waals surface area contributed by atoms with Gasteiger partial charge in [-0.25, -0.2) is 4.98 Å². The number of hydrogen-bond donors (Lipinski definition) is 3. The molecule has 0 aliphatic carbocycles. The molecule has 0 atom stereocenters. The lowest BCUT2D eigenvalue weighted by atomic mass is 10.2. The lowest BCUT2D eigenvalue weighted by molar-refractivity contribution is 0.463. The Bertz CT molecular complexity index is 1050. The molecule has 0 unspecified atom stereocenters. The smallest absolute Gasteiger partial charge is 0.194 e. The Balaban J connectivity index is 0.00000240. The molecule has 4 rings (SSSR count). The van der Waals surface area contributed by atoms with Crippen LogP contribution in [0.15, 0.2) is 71.9 Å². The van der Waals surface area contributed by atoms with Crippen LogP contribution in [0.3, 0.4) is 0 Å². The second-order valence-corrected chi connectivity index (χ2v) is 6.75. The lowest BCUT2D eigenvalue weighted by Crippen LogP contribution is -2.38. The molecule has 4 aromatic rings. The van der Waals surface area contributed by atoms with Crippen molar-refractivity contribution in [2.75, 3.05) is 14.1 Å². The minimum atomic E-state index is 0. The Morgan fingerprint density at radius 2 is 1.83 bits per heavy atom. The van der Waals surface area contributed by atoms with Gasteiger partial charge in [-0.2, -0.15) is 0 Å². The average Bonchev–Trinajstić information content (AvgIpc) is 3.35. The van der Waals surface area contributed by atoms with Crippen molar-refractivity contribution >= 4 is 40.8 Å². The zero-order valence-corrected chi connectivity index (χ0v) is 18.8. The summed E-state index contributed by atoms with van der Waals surface area (Å²) in [6.07, 6.45) is 1.87. The number of H-pyrrole nitrogens is 2. The molecule has 2 aromatic carbocycles. The van der Waals surface area contributed by atoms with E-state index in [9.17, 15) is 0 Å². The van der Waals surface area contributed by atoms with Gasteiger partial charge < -0.3 is 20.2 Å². The first kappa shape index (κ1) is 20.9. The molecule has 29 heavy (non-hydrogen) atoms. The number of benzene rings is 2. The number of nitrogens with one attached hydrogen (secondary N) is 3. The Morgan fingerprint density at radius 1 is 1.07 bits per heavy atom. The van der Waals surface area contributed by atoms with Crippen LogP contribution >= 0.6 is 24.0 Å². The summed E-state index contributed by atoms with van der Waals surface area (Å²) in [5, 5.41) is 4.62. The molecular weight excluding hydrogens is 475 g/mol. The van der Waals surface area contributed by atoms with Crippen molar-refractivity contribution in [3.05, 3.63) is 78.4 Å². The highest BCUT2D eigenvalue weighted by molar-refractivity contribution is 14.0. The highest BCUT2D eigenvalue weighted by Gasteiger charge is 2.10. The number of aromatic amines is 2. The molecule has 0 aliphatic rings. The third-order valence-corrected chi connectivity index (χ3v) is 4.70. The number of halogens is 1.